The highest BCUT2D eigenvalue weighted by atomic mass is 16.5. The molecule has 0 aliphatic heterocycles. The Morgan fingerprint density at radius 2 is 1.74 bits per heavy atom. The number of carbonyl (C=O) groups is 1. The van der Waals surface area contributed by atoms with Crippen LogP contribution in [0.1, 0.15) is 23.1 Å². The van der Waals surface area contributed by atoms with Gasteiger partial charge >= 0.3 is 0 Å². The lowest BCUT2D eigenvalue weighted by molar-refractivity contribution is -0.133. The van der Waals surface area contributed by atoms with Crippen molar-refractivity contribution in [2.24, 2.45) is 0 Å². The molecule has 1 aliphatic rings. The highest BCUT2D eigenvalue weighted by Gasteiger charge is 2.46. The Labute approximate surface area is 111 Å². The second-order valence-corrected chi connectivity index (χ2v) is 4.87. The predicted molar refractivity (Wildman–Crippen MR) is 71.9 cm³/mol. The number of carbonyl (C=O) groups excluding carboxylic acids is 1. The van der Waals surface area contributed by atoms with Crippen molar-refractivity contribution in [2.75, 3.05) is 0 Å². The van der Waals surface area contributed by atoms with Gasteiger partial charge in [-0.25, -0.2) is 5.48 Å². The summed E-state index contributed by atoms with van der Waals surface area (Å²) in [7, 11) is 0. The van der Waals surface area contributed by atoms with E-state index in [9.17, 15) is 4.79 Å². The van der Waals surface area contributed by atoms with Crippen molar-refractivity contribution < 1.29 is 10.0 Å². The lowest BCUT2D eigenvalue weighted by Crippen LogP contribution is -2.42. The summed E-state index contributed by atoms with van der Waals surface area (Å²) in [6.07, 6.45) is 1.53. The number of amides is 1. The molecule has 1 aliphatic carbocycles. The molecule has 0 spiro atoms. The van der Waals surface area contributed by atoms with E-state index in [-0.39, 0.29) is 5.91 Å². The van der Waals surface area contributed by atoms with E-state index in [0.717, 1.165) is 17.5 Å². The van der Waals surface area contributed by atoms with E-state index < -0.39 is 5.41 Å². The molecule has 2 N–H and O–H groups in total. The van der Waals surface area contributed by atoms with Crippen LogP contribution in [0, 0.1) is 0 Å². The highest BCUT2D eigenvalue weighted by molar-refractivity contribution is 5.92. The molecule has 2 aromatic rings. The summed E-state index contributed by atoms with van der Waals surface area (Å²) >= 11 is 0. The van der Waals surface area contributed by atoms with Gasteiger partial charge in [0, 0.05) is 0 Å². The van der Waals surface area contributed by atoms with Gasteiger partial charge in [0.15, 0.2) is 0 Å². The van der Waals surface area contributed by atoms with Crippen LogP contribution in [-0.4, -0.2) is 11.1 Å². The number of fused-ring (bicyclic) bond motifs is 1. The van der Waals surface area contributed by atoms with Crippen LogP contribution in [-0.2, 0) is 16.6 Å². The molecule has 19 heavy (non-hydrogen) atoms. The minimum Gasteiger partial charge on any atom is -0.289 e. The Bertz CT molecular complexity index is 609. The van der Waals surface area contributed by atoms with Gasteiger partial charge < -0.3 is 0 Å². The van der Waals surface area contributed by atoms with Gasteiger partial charge in [0.05, 0.1) is 0 Å². The van der Waals surface area contributed by atoms with Crippen LogP contribution >= 0.6 is 0 Å². The van der Waals surface area contributed by atoms with Gasteiger partial charge in [-0.15, -0.1) is 0 Å². The molecule has 3 rings (SSSR count). The average Bonchev–Trinajstić information content (AvgIpc) is 2.88. The van der Waals surface area contributed by atoms with E-state index in [4.69, 9.17) is 5.21 Å². The van der Waals surface area contributed by atoms with Gasteiger partial charge in [0.2, 0.25) is 0 Å². The van der Waals surface area contributed by atoms with E-state index in [1.165, 1.54) is 5.56 Å². The van der Waals surface area contributed by atoms with E-state index >= 15 is 0 Å². The third kappa shape index (κ3) is 1.66. The molecule has 0 bridgehead atoms. The Kier molecular flexibility index (Phi) is 2.84. The van der Waals surface area contributed by atoms with Crippen molar-refractivity contribution in [3.8, 4) is 0 Å². The van der Waals surface area contributed by atoms with Crippen molar-refractivity contribution in [1.82, 2.24) is 5.48 Å². The van der Waals surface area contributed by atoms with E-state index in [1.807, 2.05) is 60.1 Å². The fraction of sp³-hybridized carbons (Fsp3) is 0.188. The SMILES string of the molecule is O=C(NO)C1(c2ccccc2)CCc2ccccc21. The summed E-state index contributed by atoms with van der Waals surface area (Å²) in [5.74, 6) is -0.358. The maximum Gasteiger partial charge on any atom is 0.258 e. The summed E-state index contributed by atoms with van der Waals surface area (Å²) in [5, 5.41) is 9.15. The first-order chi connectivity index (χ1) is 9.29. The highest BCUT2D eigenvalue weighted by Crippen LogP contribution is 2.44. The van der Waals surface area contributed by atoms with Crippen molar-refractivity contribution in [3.05, 3.63) is 71.3 Å². The Balaban J connectivity index is 2.24. The molecule has 0 saturated carbocycles. The van der Waals surface area contributed by atoms with Gasteiger partial charge in [-0.1, -0.05) is 54.6 Å². The molecule has 3 nitrogen and oxygen atoms in total. The first kappa shape index (κ1) is 11.9. The first-order valence-corrected chi connectivity index (χ1v) is 6.37. The van der Waals surface area contributed by atoms with Gasteiger partial charge in [-0.3, -0.25) is 10.0 Å². The maximum atomic E-state index is 12.3. The molecule has 1 amide bonds. The van der Waals surface area contributed by atoms with E-state index in [0.29, 0.717) is 6.42 Å². The zero-order valence-corrected chi connectivity index (χ0v) is 10.5. The lowest BCUT2D eigenvalue weighted by Gasteiger charge is -2.28. The first-order valence-electron chi connectivity index (χ1n) is 6.37. The fourth-order valence-electron chi connectivity index (χ4n) is 3.10. The number of benzene rings is 2. The van der Waals surface area contributed by atoms with E-state index in [2.05, 4.69) is 0 Å². The Morgan fingerprint density at radius 3 is 2.47 bits per heavy atom. The predicted octanol–water partition coefficient (Wildman–Crippen LogP) is 2.42. The average molecular weight is 253 g/mol. The molecule has 0 radical (unpaired) electrons. The minimum absolute atomic E-state index is 0.358. The Hall–Kier alpha value is -2.13. The lowest BCUT2D eigenvalue weighted by atomic mass is 9.75. The molecule has 96 valence electrons. The summed E-state index contributed by atoms with van der Waals surface area (Å²) in [6, 6.07) is 17.6. The maximum absolute atomic E-state index is 12.3. The number of hydroxylamine groups is 1. The molecule has 2 aromatic carbocycles. The molecular weight excluding hydrogens is 238 g/mol. The van der Waals surface area contributed by atoms with Crippen LogP contribution in [0.15, 0.2) is 54.6 Å². The number of aryl methyl sites for hydroxylation is 1. The normalized spacial score (nSPS) is 20.9. The summed E-state index contributed by atoms with van der Waals surface area (Å²) in [4.78, 5) is 12.3. The molecule has 0 saturated heterocycles. The van der Waals surface area contributed by atoms with Crippen LogP contribution in [0.2, 0.25) is 0 Å². The summed E-state index contributed by atoms with van der Waals surface area (Å²) in [5.41, 5.74) is 4.17. The van der Waals surface area contributed by atoms with Gasteiger partial charge in [-0.2, -0.15) is 0 Å². The van der Waals surface area contributed by atoms with Gasteiger partial charge in [0.25, 0.3) is 5.91 Å². The van der Waals surface area contributed by atoms with Crippen LogP contribution in [0.25, 0.3) is 0 Å². The number of hydrogen-bond acceptors (Lipinski definition) is 2. The monoisotopic (exact) mass is 253 g/mol. The fourth-order valence-corrected chi connectivity index (χ4v) is 3.10. The molecule has 3 heteroatoms. The van der Waals surface area contributed by atoms with Crippen molar-refractivity contribution in [1.29, 1.82) is 0 Å². The van der Waals surface area contributed by atoms with Crippen LogP contribution in [0.4, 0.5) is 0 Å². The number of rotatable bonds is 2. The summed E-state index contributed by atoms with van der Waals surface area (Å²) < 4.78 is 0. The van der Waals surface area contributed by atoms with Gasteiger partial charge in [-0.05, 0) is 29.5 Å². The molecule has 1 atom stereocenters. The van der Waals surface area contributed by atoms with Crippen LogP contribution in [0.5, 0.6) is 0 Å². The molecule has 0 aromatic heterocycles. The Morgan fingerprint density at radius 1 is 1.05 bits per heavy atom. The smallest absolute Gasteiger partial charge is 0.258 e. The largest absolute Gasteiger partial charge is 0.289 e. The second-order valence-electron chi connectivity index (χ2n) is 4.87. The van der Waals surface area contributed by atoms with Crippen LogP contribution in [0.3, 0.4) is 0 Å². The molecule has 1 unspecified atom stereocenters. The van der Waals surface area contributed by atoms with Gasteiger partial charge in [0.1, 0.15) is 5.41 Å². The topological polar surface area (TPSA) is 49.3 Å². The number of nitrogens with one attached hydrogen (secondary N) is 1. The molecule has 0 fully saturated rings. The third-order valence-corrected chi connectivity index (χ3v) is 4.00. The van der Waals surface area contributed by atoms with Crippen molar-refractivity contribution >= 4 is 5.91 Å². The summed E-state index contributed by atoms with van der Waals surface area (Å²) in [6.45, 7) is 0. The second kappa shape index (κ2) is 4.52. The molecular formula is C16H15NO2. The molecule has 0 heterocycles. The minimum atomic E-state index is -0.771. The quantitative estimate of drug-likeness (QED) is 0.638. The van der Waals surface area contributed by atoms with Crippen molar-refractivity contribution in [2.45, 2.75) is 18.3 Å². The van der Waals surface area contributed by atoms with E-state index in [1.54, 1.807) is 0 Å². The zero-order valence-electron chi connectivity index (χ0n) is 10.5. The number of hydrogen-bond donors (Lipinski definition) is 2. The van der Waals surface area contributed by atoms with Crippen molar-refractivity contribution in [3.63, 3.8) is 0 Å². The third-order valence-electron chi connectivity index (χ3n) is 4.00. The standard InChI is InChI=1S/C16H15NO2/c18-15(17-19)16(13-7-2-1-3-8-13)11-10-12-6-4-5-9-14(12)16/h1-9,19H,10-11H2,(H,17,18). The van der Waals surface area contributed by atoms with Crippen LogP contribution < -0.4 is 5.48 Å². The zero-order chi connectivity index (χ0) is 13.3.